The summed E-state index contributed by atoms with van der Waals surface area (Å²) < 4.78 is 0. The Hall–Kier alpha value is -2.04. The Balaban J connectivity index is 2.65. The zero-order chi connectivity index (χ0) is 12.8. The number of primary amides is 1. The summed E-state index contributed by atoms with van der Waals surface area (Å²) in [5, 5.41) is 0. The summed E-state index contributed by atoms with van der Waals surface area (Å²) in [6, 6.07) is 6.44. The van der Waals surface area contributed by atoms with Gasteiger partial charge < -0.3 is 10.6 Å². The van der Waals surface area contributed by atoms with Crippen molar-refractivity contribution in [3.05, 3.63) is 29.8 Å². The predicted molar refractivity (Wildman–Crippen MR) is 64.7 cm³/mol. The van der Waals surface area contributed by atoms with Crippen molar-refractivity contribution in [3.63, 3.8) is 0 Å². The van der Waals surface area contributed by atoms with Crippen LogP contribution in [0.1, 0.15) is 24.2 Å². The third-order valence-electron chi connectivity index (χ3n) is 3.29. The van der Waals surface area contributed by atoms with Gasteiger partial charge in [0.2, 0.25) is 0 Å². The molecular weight excluding hydrogens is 218 g/mol. The Morgan fingerprint density at radius 3 is 2.47 bits per heavy atom. The minimum absolute atomic E-state index is 0.351. The molecule has 0 fully saturated rings. The molecule has 90 valence electrons. The smallest absolute Gasteiger partial charge is 0.323 e. The first-order valence-electron chi connectivity index (χ1n) is 5.34. The van der Waals surface area contributed by atoms with Crippen molar-refractivity contribution in [2.75, 3.05) is 11.9 Å². The highest BCUT2D eigenvalue weighted by molar-refractivity contribution is 6.09. The Bertz CT molecular complexity index is 496. The predicted octanol–water partition coefficient (Wildman–Crippen LogP) is 1.39. The number of fused-ring (bicyclic) bond motifs is 1. The number of amides is 3. The van der Waals surface area contributed by atoms with E-state index in [2.05, 4.69) is 0 Å². The van der Waals surface area contributed by atoms with Crippen LogP contribution in [0.4, 0.5) is 10.5 Å². The quantitative estimate of drug-likeness (QED) is 0.736. The molecule has 1 heterocycles. The zero-order valence-corrected chi connectivity index (χ0v) is 10.1. The summed E-state index contributed by atoms with van der Waals surface area (Å²) in [6.45, 7) is 3.57. The van der Waals surface area contributed by atoms with Crippen LogP contribution in [0, 0.1) is 0 Å². The summed E-state index contributed by atoms with van der Waals surface area (Å²) in [7, 11) is 1.83. The number of hydrogen-bond donors (Lipinski definition) is 1. The topological polar surface area (TPSA) is 66.6 Å². The van der Waals surface area contributed by atoms with Gasteiger partial charge in [-0.2, -0.15) is 0 Å². The molecule has 0 atom stereocenters. The van der Waals surface area contributed by atoms with Crippen molar-refractivity contribution in [2.24, 2.45) is 5.73 Å². The molecule has 0 aromatic heterocycles. The number of carbonyl (C=O) groups is 2. The number of nitrogens with zero attached hydrogens (tertiary/aromatic N) is 2. The maximum atomic E-state index is 12.2. The molecular formula is C12H15N3O2. The number of benzene rings is 1. The van der Waals surface area contributed by atoms with Gasteiger partial charge in [-0.05, 0) is 26.0 Å². The molecule has 17 heavy (non-hydrogen) atoms. The van der Waals surface area contributed by atoms with E-state index in [1.54, 1.807) is 26.0 Å². The van der Waals surface area contributed by atoms with Gasteiger partial charge in [0.05, 0.1) is 11.3 Å². The molecule has 0 saturated heterocycles. The zero-order valence-electron chi connectivity index (χ0n) is 10.1. The molecule has 0 radical (unpaired) electrons. The minimum atomic E-state index is -0.767. The number of hydrogen-bond acceptors (Lipinski definition) is 3. The third-order valence-corrected chi connectivity index (χ3v) is 3.29. The van der Waals surface area contributed by atoms with E-state index >= 15 is 0 Å². The van der Waals surface area contributed by atoms with Gasteiger partial charge >= 0.3 is 6.03 Å². The maximum Gasteiger partial charge on any atom is 0.323 e. The van der Waals surface area contributed by atoms with E-state index in [1.807, 2.05) is 24.1 Å². The third kappa shape index (κ3) is 1.46. The van der Waals surface area contributed by atoms with E-state index in [9.17, 15) is 9.59 Å². The van der Waals surface area contributed by atoms with Crippen molar-refractivity contribution < 1.29 is 9.59 Å². The molecule has 1 aromatic rings. The molecule has 0 bridgehead atoms. The summed E-state index contributed by atoms with van der Waals surface area (Å²) in [4.78, 5) is 26.6. The number of anilines is 1. The molecule has 0 unspecified atom stereocenters. The molecule has 1 aliphatic heterocycles. The highest BCUT2D eigenvalue weighted by Gasteiger charge is 2.44. The first-order valence-corrected chi connectivity index (χ1v) is 5.34. The van der Waals surface area contributed by atoms with Crippen LogP contribution in [-0.4, -0.2) is 29.5 Å². The molecule has 2 rings (SSSR count). The van der Waals surface area contributed by atoms with Gasteiger partial charge in [-0.15, -0.1) is 0 Å². The normalized spacial score (nSPS) is 17.9. The van der Waals surface area contributed by atoms with Crippen LogP contribution in [0.25, 0.3) is 0 Å². The number of carbonyl (C=O) groups excluding carboxylic acids is 2. The van der Waals surface area contributed by atoms with Gasteiger partial charge in [-0.25, -0.2) is 9.69 Å². The second-order valence-corrected chi connectivity index (χ2v) is 4.55. The average Bonchev–Trinajstić information content (AvgIpc) is 2.25. The van der Waals surface area contributed by atoms with Crippen molar-refractivity contribution in [1.82, 2.24) is 4.90 Å². The van der Waals surface area contributed by atoms with Gasteiger partial charge in [0.1, 0.15) is 5.66 Å². The first-order chi connectivity index (χ1) is 7.87. The first kappa shape index (κ1) is 11.4. The molecule has 5 heteroatoms. The molecule has 0 aliphatic carbocycles. The van der Waals surface area contributed by atoms with Crippen molar-refractivity contribution >= 4 is 17.6 Å². The maximum absolute atomic E-state index is 12.2. The Kier molecular flexibility index (Phi) is 2.34. The van der Waals surface area contributed by atoms with Crippen molar-refractivity contribution in [1.29, 1.82) is 0 Å². The van der Waals surface area contributed by atoms with Crippen LogP contribution < -0.4 is 10.6 Å². The summed E-state index contributed by atoms with van der Waals surface area (Å²) in [5.41, 5.74) is 5.82. The Morgan fingerprint density at radius 2 is 1.88 bits per heavy atom. The van der Waals surface area contributed by atoms with E-state index in [0.717, 1.165) is 10.6 Å². The second-order valence-electron chi connectivity index (χ2n) is 4.55. The minimum Gasteiger partial charge on any atom is -0.351 e. The number of imide groups is 1. The molecule has 1 aromatic carbocycles. The summed E-state index contributed by atoms with van der Waals surface area (Å²) >= 11 is 0. The highest BCUT2D eigenvalue weighted by atomic mass is 16.2. The largest absolute Gasteiger partial charge is 0.351 e. The summed E-state index contributed by atoms with van der Waals surface area (Å²) in [5.74, 6) is -0.351. The lowest BCUT2D eigenvalue weighted by Crippen LogP contribution is -2.64. The fourth-order valence-electron chi connectivity index (χ4n) is 2.13. The molecule has 3 amide bonds. The van der Waals surface area contributed by atoms with E-state index in [1.165, 1.54) is 0 Å². The number of para-hydroxylation sites is 1. The molecule has 5 nitrogen and oxygen atoms in total. The van der Waals surface area contributed by atoms with Gasteiger partial charge in [-0.3, -0.25) is 4.79 Å². The van der Waals surface area contributed by atoms with Crippen LogP contribution >= 0.6 is 0 Å². The average molecular weight is 233 g/mol. The Morgan fingerprint density at radius 1 is 1.29 bits per heavy atom. The van der Waals surface area contributed by atoms with Gasteiger partial charge in [0.25, 0.3) is 5.91 Å². The molecule has 1 aliphatic rings. The molecule has 0 spiro atoms. The standard InChI is InChI=1S/C12H15N3O2/c1-12(2)14(3)9-7-5-4-6-8(9)10(16)15(12)11(13)17/h4-7H,1-3H3,(H2,13,17). The van der Waals surface area contributed by atoms with Crippen LogP contribution in [0.5, 0.6) is 0 Å². The number of rotatable bonds is 0. The molecule has 0 saturated carbocycles. The lowest BCUT2D eigenvalue weighted by atomic mass is 10.0. The van der Waals surface area contributed by atoms with Crippen LogP contribution in [0.3, 0.4) is 0 Å². The lowest BCUT2D eigenvalue weighted by Gasteiger charge is -2.48. The van der Waals surface area contributed by atoms with Crippen molar-refractivity contribution in [3.8, 4) is 0 Å². The van der Waals surface area contributed by atoms with Crippen LogP contribution in [0.2, 0.25) is 0 Å². The molecule has 2 N–H and O–H groups in total. The number of urea groups is 1. The fraction of sp³-hybridized carbons (Fsp3) is 0.333. The van der Waals surface area contributed by atoms with Gasteiger partial charge in [0, 0.05) is 7.05 Å². The van der Waals surface area contributed by atoms with Crippen LogP contribution in [-0.2, 0) is 0 Å². The van der Waals surface area contributed by atoms with Gasteiger partial charge in [-0.1, -0.05) is 12.1 Å². The van der Waals surface area contributed by atoms with E-state index in [0.29, 0.717) is 5.56 Å². The Labute approximate surface area is 99.8 Å². The van der Waals surface area contributed by atoms with Gasteiger partial charge in [0.15, 0.2) is 0 Å². The van der Waals surface area contributed by atoms with Crippen molar-refractivity contribution in [2.45, 2.75) is 19.5 Å². The second kappa shape index (κ2) is 3.48. The highest BCUT2D eigenvalue weighted by Crippen LogP contribution is 2.35. The van der Waals surface area contributed by atoms with E-state index in [-0.39, 0.29) is 5.91 Å². The monoisotopic (exact) mass is 233 g/mol. The van der Waals surface area contributed by atoms with E-state index in [4.69, 9.17) is 5.73 Å². The van der Waals surface area contributed by atoms with E-state index < -0.39 is 11.7 Å². The number of nitrogens with two attached hydrogens (primary N) is 1. The fourth-order valence-corrected chi connectivity index (χ4v) is 2.13. The SMILES string of the molecule is CN1c2ccccc2C(=O)N(C(N)=O)C1(C)C. The van der Waals surface area contributed by atoms with Crippen LogP contribution in [0.15, 0.2) is 24.3 Å². The summed E-state index contributed by atoms with van der Waals surface area (Å²) in [6.07, 6.45) is 0. The lowest BCUT2D eigenvalue weighted by molar-refractivity contribution is 0.0634.